The van der Waals surface area contributed by atoms with Gasteiger partial charge in [0, 0.05) is 5.56 Å². The zero-order valence-corrected chi connectivity index (χ0v) is 11.8. The second-order valence-electron chi connectivity index (χ2n) is 5.00. The first-order valence-electron chi connectivity index (χ1n) is 6.43. The SMILES string of the molecule is OC[C@H]1O[C@@H](c2cc3c(F)c(F)cnc3[nH]c2=S)C(O)C1O. The molecule has 22 heavy (non-hydrogen) atoms. The van der Waals surface area contributed by atoms with Gasteiger partial charge < -0.3 is 25.0 Å². The number of pyridine rings is 2. The highest BCUT2D eigenvalue weighted by atomic mass is 32.1. The zero-order chi connectivity index (χ0) is 16.0. The minimum atomic E-state index is -1.35. The van der Waals surface area contributed by atoms with Crippen LogP contribution in [0.5, 0.6) is 0 Å². The fraction of sp³-hybridized carbons (Fsp3) is 0.385. The molecule has 1 saturated heterocycles. The number of nitrogens with one attached hydrogen (secondary N) is 1. The van der Waals surface area contributed by atoms with Gasteiger partial charge >= 0.3 is 0 Å². The molecule has 9 heteroatoms. The quantitative estimate of drug-likeness (QED) is 0.606. The molecule has 0 bridgehead atoms. The van der Waals surface area contributed by atoms with Crippen molar-refractivity contribution in [3.63, 3.8) is 0 Å². The molecular formula is C13H12F2N2O4S. The van der Waals surface area contributed by atoms with Gasteiger partial charge in [0.15, 0.2) is 11.6 Å². The molecule has 0 aromatic carbocycles. The van der Waals surface area contributed by atoms with Crippen LogP contribution in [-0.4, -0.2) is 50.2 Å². The Bertz CT molecular complexity index is 784. The van der Waals surface area contributed by atoms with Gasteiger partial charge in [-0.3, -0.25) is 0 Å². The Morgan fingerprint density at radius 2 is 2.05 bits per heavy atom. The van der Waals surface area contributed by atoms with E-state index in [1.165, 1.54) is 6.07 Å². The van der Waals surface area contributed by atoms with Crippen LogP contribution >= 0.6 is 12.2 Å². The van der Waals surface area contributed by atoms with E-state index < -0.39 is 42.7 Å². The van der Waals surface area contributed by atoms with Gasteiger partial charge in [0.2, 0.25) is 0 Å². The van der Waals surface area contributed by atoms with Crippen molar-refractivity contribution in [3.05, 3.63) is 34.1 Å². The number of halogens is 2. The third kappa shape index (κ3) is 2.31. The second kappa shape index (κ2) is 5.60. The van der Waals surface area contributed by atoms with E-state index in [9.17, 15) is 19.0 Å². The number of hydrogen-bond donors (Lipinski definition) is 4. The molecule has 0 spiro atoms. The molecule has 1 fully saturated rings. The van der Waals surface area contributed by atoms with Crippen LogP contribution in [-0.2, 0) is 4.74 Å². The molecule has 2 aromatic heterocycles. The van der Waals surface area contributed by atoms with Crippen molar-refractivity contribution in [1.82, 2.24) is 9.97 Å². The van der Waals surface area contributed by atoms with E-state index in [1.54, 1.807) is 0 Å². The Balaban J connectivity index is 2.13. The molecule has 1 aliphatic heterocycles. The van der Waals surface area contributed by atoms with E-state index in [4.69, 9.17) is 22.1 Å². The Labute approximate surface area is 128 Å². The van der Waals surface area contributed by atoms with Gasteiger partial charge in [-0.2, -0.15) is 0 Å². The van der Waals surface area contributed by atoms with E-state index >= 15 is 0 Å². The van der Waals surface area contributed by atoms with Gasteiger partial charge in [0.05, 0.1) is 18.2 Å². The Kier molecular flexibility index (Phi) is 3.91. The van der Waals surface area contributed by atoms with Gasteiger partial charge in [0.25, 0.3) is 0 Å². The summed E-state index contributed by atoms with van der Waals surface area (Å²) < 4.78 is 32.6. The average Bonchev–Trinajstić information content (AvgIpc) is 2.79. The minimum absolute atomic E-state index is 0.0550. The molecule has 1 aliphatic rings. The first kappa shape index (κ1) is 15.4. The van der Waals surface area contributed by atoms with Crippen LogP contribution in [0.1, 0.15) is 11.7 Å². The number of hydrogen-bond acceptors (Lipinski definition) is 6. The number of aromatic amines is 1. The summed E-state index contributed by atoms with van der Waals surface area (Å²) in [6, 6.07) is 1.22. The summed E-state index contributed by atoms with van der Waals surface area (Å²) in [6.45, 7) is -0.497. The molecule has 0 amide bonds. The van der Waals surface area contributed by atoms with Crippen LogP contribution in [0.15, 0.2) is 12.3 Å². The van der Waals surface area contributed by atoms with E-state index in [1.807, 2.05) is 0 Å². The lowest BCUT2D eigenvalue weighted by Gasteiger charge is -2.15. The maximum atomic E-state index is 13.9. The van der Waals surface area contributed by atoms with Crippen LogP contribution in [0.3, 0.4) is 0 Å². The van der Waals surface area contributed by atoms with Crippen LogP contribution in [0, 0.1) is 16.3 Å². The van der Waals surface area contributed by atoms with Crippen molar-refractivity contribution in [2.24, 2.45) is 0 Å². The highest BCUT2D eigenvalue weighted by Gasteiger charge is 2.43. The minimum Gasteiger partial charge on any atom is -0.394 e. The van der Waals surface area contributed by atoms with Crippen LogP contribution in [0.2, 0.25) is 0 Å². The van der Waals surface area contributed by atoms with Crippen LogP contribution < -0.4 is 0 Å². The summed E-state index contributed by atoms with van der Waals surface area (Å²) in [6.07, 6.45) is -3.98. The number of fused-ring (bicyclic) bond motifs is 1. The van der Waals surface area contributed by atoms with Gasteiger partial charge in [-0.1, -0.05) is 12.2 Å². The lowest BCUT2D eigenvalue weighted by atomic mass is 10.0. The van der Waals surface area contributed by atoms with Crippen LogP contribution in [0.25, 0.3) is 11.0 Å². The molecule has 3 rings (SSSR count). The Morgan fingerprint density at radius 3 is 2.68 bits per heavy atom. The zero-order valence-electron chi connectivity index (χ0n) is 11.0. The molecule has 2 aromatic rings. The van der Waals surface area contributed by atoms with Crippen molar-refractivity contribution < 1.29 is 28.8 Å². The number of rotatable bonds is 2. The number of aromatic nitrogens is 2. The summed E-state index contributed by atoms with van der Waals surface area (Å²) in [5, 5.41) is 28.7. The third-order valence-electron chi connectivity index (χ3n) is 3.65. The third-order valence-corrected chi connectivity index (χ3v) is 3.99. The van der Waals surface area contributed by atoms with E-state index in [0.29, 0.717) is 0 Å². The highest BCUT2D eigenvalue weighted by Crippen LogP contribution is 2.35. The summed E-state index contributed by atoms with van der Waals surface area (Å²) in [5.41, 5.74) is 0.232. The Morgan fingerprint density at radius 1 is 1.32 bits per heavy atom. The number of ether oxygens (including phenoxy) is 1. The van der Waals surface area contributed by atoms with Gasteiger partial charge in [0.1, 0.15) is 34.7 Å². The predicted molar refractivity (Wildman–Crippen MR) is 73.6 cm³/mol. The molecule has 2 unspecified atom stereocenters. The van der Waals surface area contributed by atoms with E-state index in [0.717, 1.165) is 6.20 Å². The van der Waals surface area contributed by atoms with E-state index in [2.05, 4.69) is 9.97 Å². The molecule has 0 saturated carbocycles. The first-order valence-corrected chi connectivity index (χ1v) is 6.84. The number of aliphatic hydroxyl groups excluding tert-OH is 3. The lowest BCUT2D eigenvalue weighted by Crippen LogP contribution is -2.32. The number of H-pyrrole nitrogens is 1. The van der Waals surface area contributed by atoms with Crippen molar-refractivity contribution in [1.29, 1.82) is 0 Å². The van der Waals surface area contributed by atoms with Crippen molar-refractivity contribution in [2.75, 3.05) is 6.61 Å². The topological polar surface area (TPSA) is 98.6 Å². The monoisotopic (exact) mass is 330 g/mol. The van der Waals surface area contributed by atoms with Crippen LogP contribution in [0.4, 0.5) is 8.78 Å². The Hall–Kier alpha value is -1.52. The summed E-state index contributed by atoms with van der Waals surface area (Å²) in [7, 11) is 0. The fourth-order valence-corrected chi connectivity index (χ4v) is 2.75. The standard InChI is InChI=1S/C13H12F2N2O4S/c14-6-2-16-12-4(8(6)15)1-5(13(22)17-12)11-10(20)9(19)7(3-18)21-11/h1-2,7,9-11,18-20H,3H2,(H,16,17,22)/t7-,9?,10?,11+/m1/s1. The van der Waals surface area contributed by atoms with Crippen molar-refractivity contribution in [2.45, 2.75) is 24.4 Å². The molecule has 0 radical (unpaired) electrons. The maximum Gasteiger partial charge on any atom is 0.177 e. The average molecular weight is 330 g/mol. The molecule has 0 aliphatic carbocycles. The normalized spacial score (nSPS) is 28.4. The summed E-state index contributed by atoms with van der Waals surface area (Å²) in [4.78, 5) is 6.34. The second-order valence-corrected chi connectivity index (χ2v) is 5.40. The molecular weight excluding hydrogens is 318 g/mol. The van der Waals surface area contributed by atoms with Gasteiger partial charge in [-0.05, 0) is 6.07 Å². The van der Waals surface area contributed by atoms with Gasteiger partial charge in [-0.15, -0.1) is 0 Å². The smallest absolute Gasteiger partial charge is 0.177 e. The molecule has 118 valence electrons. The largest absolute Gasteiger partial charge is 0.394 e. The maximum absolute atomic E-state index is 13.9. The molecule has 3 heterocycles. The van der Waals surface area contributed by atoms with Crippen molar-refractivity contribution >= 4 is 23.3 Å². The first-order chi connectivity index (χ1) is 10.4. The molecule has 6 nitrogen and oxygen atoms in total. The van der Waals surface area contributed by atoms with Gasteiger partial charge in [-0.25, -0.2) is 13.8 Å². The number of aliphatic hydroxyl groups is 3. The lowest BCUT2D eigenvalue weighted by molar-refractivity contribution is -0.0229. The van der Waals surface area contributed by atoms with Crippen molar-refractivity contribution in [3.8, 4) is 0 Å². The summed E-state index contributed by atoms with van der Waals surface area (Å²) >= 11 is 5.11. The molecule has 4 atom stereocenters. The predicted octanol–water partition coefficient (Wildman–Crippen LogP) is 0.725. The fourth-order valence-electron chi connectivity index (χ4n) is 2.48. The molecule has 4 N–H and O–H groups in total. The highest BCUT2D eigenvalue weighted by molar-refractivity contribution is 7.71. The summed E-state index contributed by atoms with van der Waals surface area (Å²) in [5.74, 6) is -2.23. The van der Waals surface area contributed by atoms with E-state index in [-0.39, 0.29) is 21.2 Å². The number of nitrogens with zero attached hydrogens (tertiary/aromatic N) is 1.